The highest BCUT2D eigenvalue weighted by Crippen LogP contribution is 2.24. The summed E-state index contributed by atoms with van der Waals surface area (Å²) in [4.78, 5) is 0.344. The molecule has 4 nitrogen and oxygen atoms in total. The third kappa shape index (κ3) is 3.95. The molecular weight excluding hydrogens is 298 g/mol. The van der Waals surface area contributed by atoms with Crippen molar-refractivity contribution in [2.24, 2.45) is 0 Å². The van der Waals surface area contributed by atoms with Gasteiger partial charge in [0.2, 0.25) is 10.0 Å². The number of nitrogens with one attached hydrogen (secondary N) is 1. The van der Waals surface area contributed by atoms with Crippen LogP contribution in [-0.4, -0.2) is 34.1 Å². The Kier molecular flexibility index (Phi) is 5.43. The van der Waals surface area contributed by atoms with Gasteiger partial charge in [0.25, 0.3) is 0 Å². The summed E-state index contributed by atoms with van der Waals surface area (Å²) in [5.74, 6) is 0. The lowest BCUT2D eigenvalue weighted by Crippen LogP contribution is -2.27. The van der Waals surface area contributed by atoms with Crippen LogP contribution < -0.4 is 4.72 Å². The summed E-state index contributed by atoms with van der Waals surface area (Å²) < 4.78 is 31.9. The number of hydrogen-bond donors (Lipinski definition) is 1. The van der Waals surface area contributed by atoms with E-state index in [-0.39, 0.29) is 5.38 Å². The smallest absolute Gasteiger partial charge is 0.240 e. The number of sulfonamides is 1. The molecule has 1 unspecified atom stereocenters. The van der Waals surface area contributed by atoms with Gasteiger partial charge in [-0.25, -0.2) is 13.1 Å². The Bertz CT molecular complexity index is 560. The van der Waals surface area contributed by atoms with Crippen LogP contribution in [0.5, 0.6) is 0 Å². The van der Waals surface area contributed by atoms with E-state index in [1.165, 1.54) is 5.56 Å². The van der Waals surface area contributed by atoms with Crippen molar-refractivity contribution < 1.29 is 13.2 Å². The van der Waals surface area contributed by atoms with E-state index in [2.05, 4.69) is 4.72 Å². The summed E-state index contributed by atoms with van der Waals surface area (Å²) >= 11 is 5.97. The summed E-state index contributed by atoms with van der Waals surface area (Å²) in [6.07, 6.45) is 3.67. The first-order valence-corrected chi connectivity index (χ1v) is 8.69. The zero-order chi connectivity index (χ0) is 14.6. The zero-order valence-electron chi connectivity index (χ0n) is 11.6. The third-order valence-corrected chi connectivity index (χ3v) is 5.28. The van der Waals surface area contributed by atoms with Crippen molar-refractivity contribution in [3.05, 3.63) is 29.3 Å². The minimum Gasteiger partial charge on any atom is -0.383 e. The molecule has 0 radical (unpaired) electrons. The molecule has 0 aliphatic heterocycles. The minimum atomic E-state index is -3.44. The van der Waals surface area contributed by atoms with Crippen LogP contribution in [0.25, 0.3) is 0 Å². The molecule has 1 aromatic carbocycles. The van der Waals surface area contributed by atoms with Crippen molar-refractivity contribution >= 4 is 21.6 Å². The fourth-order valence-electron chi connectivity index (χ4n) is 2.41. The lowest BCUT2D eigenvalue weighted by Gasteiger charge is -2.11. The molecule has 1 aromatic rings. The van der Waals surface area contributed by atoms with Crippen LogP contribution in [-0.2, 0) is 27.6 Å². The summed E-state index contributed by atoms with van der Waals surface area (Å²) in [7, 11) is -1.87. The Labute approximate surface area is 125 Å². The molecule has 0 aromatic heterocycles. The van der Waals surface area contributed by atoms with Crippen LogP contribution >= 0.6 is 11.6 Å². The van der Waals surface area contributed by atoms with Gasteiger partial charge in [-0.05, 0) is 48.9 Å². The van der Waals surface area contributed by atoms with E-state index < -0.39 is 10.0 Å². The van der Waals surface area contributed by atoms with Crippen LogP contribution in [0.15, 0.2) is 23.1 Å². The first-order chi connectivity index (χ1) is 9.53. The predicted molar refractivity (Wildman–Crippen MR) is 79.8 cm³/mol. The molecule has 0 amide bonds. The molecule has 0 spiro atoms. The van der Waals surface area contributed by atoms with E-state index in [9.17, 15) is 8.42 Å². The van der Waals surface area contributed by atoms with E-state index in [4.69, 9.17) is 16.3 Å². The molecule has 2 rings (SSSR count). The van der Waals surface area contributed by atoms with Crippen LogP contribution in [0.1, 0.15) is 24.0 Å². The van der Waals surface area contributed by atoms with Crippen molar-refractivity contribution in [2.75, 3.05) is 20.3 Å². The highest BCUT2D eigenvalue weighted by molar-refractivity contribution is 7.89. The van der Waals surface area contributed by atoms with Gasteiger partial charge in [-0.2, -0.15) is 0 Å². The van der Waals surface area contributed by atoms with Gasteiger partial charge >= 0.3 is 0 Å². The van der Waals surface area contributed by atoms with Gasteiger partial charge in [0.15, 0.2) is 0 Å². The Balaban J connectivity index is 1.96. The van der Waals surface area contributed by atoms with E-state index in [0.29, 0.717) is 24.5 Å². The maximum Gasteiger partial charge on any atom is 0.240 e. The zero-order valence-corrected chi connectivity index (χ0v) is 13.1. The molecule has 20 heavy (non-hydrogen) atoms. The Morgan fingerprint density at radius 3 is 2.85 bits per heavy atom. The van der Waals surface area contributed by atoms with Gasteiger partial charge < -0.3 is 4.74 Å². The topological polar surface area (TPSA) is 55.4 Å². The average Bonchev–Trinajstić information content (AvgIpc) is 2.86. The SMILES string of the molecule is COCC(Cl)CCNS(=O)(=O)c1ccc2c(c1)CCC2. The first kappa shape index (κ1) is 15.8. The highest BCUT2D eigenvalue weighted by atomic mass is 35.5. The maximum absolute atomic E-state index is 12.2. The van der Waals surface area contributed by atoms with Crippen molar-refractivity contribution in [1.82, 2.24) is 4.72 Å². The van der Waals surface area contributed by atoms with Crippen LogP contribution in [0, 0.1) is 0 Å². The Hall–Kier alpha value is -0.620. The number of aryl methyl sites for hydroxylation is 2. The monoisotopic (exact) mass is 317 g/mol. The number of halogens is 1. The summed E-state index contributed by atoms with van der Waals surface area (Å²) in [5, 5.41) is -0.178. The second-order valence-electron chi connectivity index (χ2n) is 5.02. The fourth-order valence-corrected chi connectivity index (χ4v) is 3.75. The third-order valence-electron chi connectivity index (χ3n) is 3.48. The highest BCUT2D eigenvalue weighted by Gasteiger charge is 2.18. The van der Waals surface area contributed by atoms with Gasteiger partial charge in [-0.3, -0.25) is 0 Å². The normalized spacial score (nSPS) is 16.1. The molecule has 112 valence electrons. The Morgan fingerprint density at radius 2 is 2.10 bits per heavy atom. The van der Waals surface area contributed by atoms with Crippen molar-refractivity contribution in [3.8, 4) is 0 Å². The molecule has 0 saturated heterocycles. The largest absolute Gasteiger partial charge is 0.383 e. The summed E-state index contributed by atoms with van der Waals surface area (Å²) in [6, 6.07) is 5.39. The quantitative estimate of drug-likeness (QED) is 0.784. The molecule has 1 atom stereocenters. The van der Waals surface area contributed by atoms with Gasteiger partial charge in [0.05, 0.1) is 16.9 Å². The predicted octanol–water partition coefficient (Wildman–Crippen LogP) is 2.10. The lowest BCUT2D eigenvalue weighted by atomic mass is 10.1. The van der Waals surface area contributed by atoms with Gasteiger partial charge in [-0.15, -0.1) is 11.6 Å². The van der Waals surface area contributed by atoms with E-state index >= 15 is 0 Å². The second-order valence-corrected chi connectivity index (χ2v) is 7.41. The Morgan fingerprint density at radius 1 is 1.35 bits per heavy atom. The molecule has 1 N–H and O–H groups in total. The molecule has 0 heterocycles. The van der Waals surface area contributed by atoms with Crippen LogP contribution in [0.4, 0.5) is 0 Å². The van der Waals surface area contributed by atoms with Crippen molar-refractivity contribution in [3.63, 3.8) is 0 Å². The number of hydrogen-bond acceptors (Lipinski definition) is 3. The molecular formula is C14H20ClNO3S. The van der Waals surface area contributed by atoms with E-state index in [0.717, 1.165) is 24.8 Å². The number of methoxy groups -OCH3 is 1. The molecule has 0 fully saturated rings. The molecule has 0 bridgehead atoms. The molecule has 0 saturated carbocycles. The van der Waals surface area contributed by atoms with Gasteiger partial charge in [0.1, 0.15) is 0 Å². The fraction of sp³-hybridized carbons (Fsp3) is 0.571. The number of ether oxygens (including phenoxy) is 1. The van der Waals surface area contributed by atoms with E-state index in [1.807, 2.05) is 6.07 Å². The van der Waals surface area contributed by atoms with Gasteiger partial charge in [-0.1, -0.05) is 6.07 Å². The average molecular weight is 318 g/mol. The molecule has 1 aliphatic rings. The number of benzene rings is 1. The van der Waals surface area contributed by atoms with Crippen molar-refractivity contribution in [2.45, 2.75) is 36.0 Å². The summed E-state index contributed by atoms with van der Waals surface area (Å²) in [6.45, 7) is 0.735. The molecule has 1 aliphatic carbocycles. The maximum atomic E-state index is 12.2. The van der Waals surface area contributed by atoms with Crippen LogP contribution in [0.3, 0.4) is 0 Å². The second kappa shape index (κ2) is 6.89. The lowest BCUT2D eigenvalue weighted by molar-refractivity contribution is 0.196. The number of alkyl halides is 1. The van der Waals surface area contributed by atoms with Gasteiger partial charge in [0, 0.05) is 13.7 Å². The van der Waals surface area contributed by atoms with Crippen molar-refractivity contribution in [1.29, 1.82) is 0 Å². The minimum absolute atomic E-state index is 0.178. The molecule has 6 heteroatoms. The summed E-state index contributed by atoms with van der Waals surface area (Å²) in [5.41, 5.74) is 2.42. The van der Waals surface area contributed by atoms with Crippen LogP contribution in [0.2, 0.25) is 0 Å². The standard InChI is InChI=1S/C14H20ClNO3S/c1-19-10-13(15)7-8-16-20(17,18)14-6-5-11-3-2-4-12(11)9-14/h5-6,9,13,16H,2-4,7-8,10H2,1H3. The van der Waals surface area contributed by atoms with E-state index in [1.54, 1.807) is 19.2 Å². The first-order valence-electron chi connectivity index (χ1n) is 6.77. The number of fused-ring (bicyclic) bond motifs is 1. The number of rotatable bonds is 7.